The first-order valence-corrected chi connectivity index (χ1v) is 6.75. The smallest absolute Gasteiger partial charge is 0.373 e. The maximum atomic E-state index is 13.4. The summed E-state index contributed by atoms with van der Waals surface area (Å²) in [5.41, 5.74) is 0. The summed E-state index contributed by atoms with van der Waals surface area (Å²) in [5, 5.41) is 0. The van der Waals surface area contributed by atoms with Crippen LogP contribution >= 0.6 is 0 Å². The van der Waals surface area contributed by atoms with Crippen LogP contribution in [-0.2, 0) is 4.74 Å². The second-order valence-electron chi connectivity index (χ2n) is 5.54. The molecule has 1 saturated carbocycles. The molecule has 0 aromatic carbocycles. The quantitative estimate of drug-likeness (QED) is 0.801. The fraction of sp³-hybridized carbons (Fsp3) is 0.643. The van der Waals surface area contributed by atoms with Gasteiger partial charge in [-0.15, -0.1) is 0 Å². The van der Waals surface area contributed by atoms with Crippen LogP contribution in [0.3, 0.4) is 0 Å². The van der Waals surface area contributed by atoms with Gasteiger partial charge in [-0.25, -0.2) is 13.6 Å². The van der Waals surface area contributed by atoms with Crippen LogP contribution in [0, 0.1) is 11.8 Å². The van der Waals surface area contributed by atoms with Crippen molar-refractivity contribution in [1.29, 1.82) is 0 Å². The van der Waals surface area contributed by atoms with Gasteiger partial charge in [-0.2, -0.15) is 0 Å². The highest BCUT2D eigenvalue weighted by Crippen LogP contribution is 2.59. The van der Waals surface area contributed by atoms with E-state index in [0.29, 0.717) is 25.3 Å². The highest BCUT2D eigenvalue weighted by atomic mass is 19.3. The van der Waals surface area contributed by atoms with Gasteiger partial charge in [-0.3, -0.25) is 4.90 Å². The fourth-order valence-corrected chi connectivity index (χ4v) is 3.07. The van der Waals surface area contributed by atoms with Crippen molar-refractivity contribution in [1.82, 2.24) is 4.90 Å². The van der Waals surface area contributed by atoms with Crippen molar-refractivity contribution >= 4 is 5.97 Å². The van der Waals surface area contributed by atoms with E-state index in [0.717, 1.165) is 0 Å². The zero-order chi connectivity index (χ0) is 14.5. The van der Waals surface area contributed by atoms with Gasteiger partial charge in [-0.05, 0) is 32.0 Å². The summed E-state index contributed by atoms with van der Waals surface area (Å²) >= 11 is 0. The van der Waals surface area contributed by atoms with Crippen molar-refractivity contribution in [3.8, 4) is 0 Å². The molecule has 1 aromatic rings. The highest BCUT2D eigenvalue weighted by molar-refractivity contribution is 5.86. The predicted molar refractivity (Wildman–Crippen MR) is 66.6 cm³/mol. The van der Waals surface area contributed by atoms with Crippen LogP contribution in [0.1, 0.15) is 35.7 Å². The molecule has 1 aliphatic carbocycles. The average Bonchev–Trinajstić information content (AvgIpc) is 2.84. The number of piperidine rings is 1. The third-order valence-electron chi connectivity index (χ3n) is 4.50. The fourth-order valence-electron chi connectivity index (χ4n) is 3.07. The standard InChI is InChI=1S/C14H17F2NO3/c1-8(11-3-4-12(20-11)13(18)19-2)17-6-5-9-10(7-17)14(9,15)16/h3-4,8-10H,5-7H2,1-2H3/t8-,9+,10+/m0/s1. The summed E-state index contributed by atoms with van der Waals surface area (Å²) in [6, 6.07) is 3.13. The molecule has 0 N–H and O–H groups in total. The van der Waals surface area contributed by atoms with Gasteiger partial charge < -0.3 is 9.15 Å². The van der Waals surface area contributed by atoms with E-state index < -0.39 is 23.7 Å². The number of fused-ring (bicyclic) bond motifs is 1. The monoisotopic (exact) mass is 285 g/mol. The molecule has 3 atom stereocenters. The number of hydrogen-bond acceptors (Lipinski definition) is 4. The Kier molecular flexibility index (Phi) is 3.08. The van der Waals surface area contributed by atoms with Gasteiger partial charge in [0.1, 0.15) is 5.76 Å². The second-order valence-corrected chi connectivity index (χ2v) is 5.54. The number of methoxy groups -OCH3 is 1. The molecule has 2 heterocycles. The molecule has 1 saturated heterocycles. The Morgan fingerprint density at radius 3 is 2.90 bits per heavy atom. The van der Waals surface area contributed by atoms with Crippen molar-refractivity contribution in [3.63, 3.8) is 0 Å². The molecule has 3 rings (SSSR count). The number of carbonyl (C=O) groups excluding carboxylic acids is 1. The Balaban J connectivity index is 1.69. The Hall–Kier alpha value is -1.43. The van der Waals surface area contributed by atoms with E-state index >= 15 is 0 Å². The molecule has 0 unspecified atom stereocenters. The summed E-state index contributed by atoms with van der Waals surface area (Å²) in [5.74, 6) is -3.24. The Morgan fingerprint density at radius 1 is 1.50 bits per heavy atom. The van der Waals surface area contributed by atoms with E-state index in [2.05, 4.69) is 4.74 Å². The number of carbonyl (C=O) groups is 1. The summed E-state index contributed by atoms with van der Waals surface area (Å²) in [6.07, 6.45) is 0.520. The van der Waals surface area contributed by atoms with Crippen LogP contribution in [0.2, 0.25) is 0 Å². The lowest BCUT2D eigenvalue weighted by atomic mass is 10.1. The molecule has 0 radical (unpaired) electrons. The number of esters is 1. The lowest BCUT2D eigenvalue weighted by molar-refractivity contribution is 0.0557. The first-order valence-electron chi connectivity index (χ1n) is 6.75. The van der Waals surface area contributed by atoms with Crippen molar-refractivity contribution in [2.45, 2.75) is 25.3 Å². The number of alkyl halides is 2. The van der Waals surface area contributed by atoms with Gasteiger partial charge in [-0.1, -0.05) is 0 Å². The molecule has 110 valence electrons. The van der Waals surface area contributed by atoms with Gasteiger partial charge in [0, 0.05) is 18.4 Å². The molecule has 2 aliphatic rings. The molecule has 20 heavy (non-hydrogen) atoms. The number of halogens is 2. The van der Waals surface area contributed by atoms with Crippen molar-refractivity contribution in [2.75, 3.05) is 20.2 Å². The molecule has 0 bridgehead atoms. The second kappa shape index (κ2) is 4.55. The van der Waals surface area contributed by atoms with E-state index in [9.17, 15) is 13.6 Å². The molecule has 4 nitrogen and oxygen atoms in total. The minimum Gasteiger partial charge on any atom is -0.463 e. The molecular formula is C14H17F2NO3. The average molecular weight is 285 g/mol. The number of nitrogens with zero attached hydrogens (tertiary/aromatic N) is 1. The SMILES string of the molecule is COC(=O)c1ccc([C@H](C)N2CC[C@@H]3[C@@H](C2)C3(F)F)o1. The first kappa shape index (κ1) is 13.5. The van der Waals surface area contributed by atoms with Gasteiger partial charge in [0.05, 0.1) is 13.2 Å². The van der Waals surface area contributed by atoms with Crippen molar-refractivity contribution in [3.05, 3.63) is 23.7 Å². The van der Waals surface area contributed by atoms with Crippen LogP contribution in [0.25, 0.3) is 0 Å². The van der Waals surface area contributed by atoms with Gasteiger partial charge >= 0.3 is 5.97 Å². The number of ether oxygens (including phenoxy) is 1. The van der Waals surface area contributed by atoms with E-state index in [1.165, 1.54) is 7.11 Å². The van der Waals surface area contributed by atoms with E-state index in [1.54, 1.807) is 12.1 Å². The molecule has 0 spiro atoms. The predicted octanol–water partition coefficient (Wildman–Crippen LogP) is 2.71. The van der Waals surface area contributed by atoms with Crippen LogP contribution in [0.5, 0.6) is 0 Å². The Morgan fingerprint density at radius 2 is 2.25 bits per heavy atom. The van der Waals surface area contributed by atoms with Gasteiger partial charge in [0.2, 0.25) is 5.76 Å². The van der Waals surface area contributed by atoms with Crippen LogP contribution in [-0.4, -0.2) is 37.0 Å². The molecule has 2 fully saturated rings. The summed E-state index contributed by atoms with van der Waals surface area (Å²) < 4.78 is 36.8. The van der Waals surface area contributed by atoms with Crippen LogP contribution < -0.4 is 0 Å². The molecular weight excluding hydrogens is 268 g/mol. The van der Waals surface area contributed by atoms with Gasteiger partial charge in [0.15, 0.2) is 0 Å². The van der Waals surface area contributed by atoms with E-state index in [1.807, 2.05) is 11.8 Å². The van der Waals surface area contributed by atoms with E-state index in [4.69, 9.17) is 4.42 Å². The van der Waals surface area contributed by atoms with Crippen molar-refractivity contribution < 1.29 is 22.7 Å². The lowest BCUT2D eigenvalue weighted by Crippen LogP contribution is -2.33. The summed E-state index contributed by atoms with van der Waals surface area (Å²) in [4.78, 5) is 13.3. The highest BCUT2D eigenvalue weighted by Gasteiger charge is 2.69. The lowest BCUT2D eigenvalue weighted by Gasteiger charge is -2.30. The molecule has 1 aliphatic heterocycles. The maximum Gasteiger partial charge on any atom is 0.373 e. The normalized spacial score (nSPS) is 29.6. The minimum atomic E-state index is -2.49. The largest absolute Gasteiger partial charge is 0.463 e. The Labute approximate surface area is 115 Å². The molecule has 0 amide bonds. The minimum absolute atomic E-state index is 0.120. The first-order chi connectivity index (χ1) is 9.45. The van der Waals surface area contributed by atoms with Crippen molar-refractivity contribution in [2.24, 2.45) is 11.8 Å². The molecule has 1 aromatic heterocycles. The third kappa shape index (κ3) is 2.02. The topological polar surface area (TPSA) is 42.7 Å². The van der Waals surface area contributed by atoms with Gasteiger partial charge in [0.25, 0.3) is 5.92 Å². The van der Waals surface area contributed by atoms with Crippen LogP contribution in [0.4, 0.5) is 8.78 Å². The zero-order valence-electron chi connectivity index (χ0n) is 11.4. The molecule has 6 heteroatoms. The summed E-state index contributed by atoms with van der Waals surface area (Å²) in [7, 11) is 1.29. The maximum absolute atomic E-state index is 13.4. The number of likely N-dealkylation sites (tertiary alicyclic amines) is 1. The zero-order valence-corrected chi connectivity index (χ0v) is 11.4. The number of rotatable bonds is 3. The third-order valence-corrected chi connectivity index (χ3v) is 4.50. The van der Waals surface area contributed by atoms with Crippen LogP contribution in [0.15, 0.2) is 16.5 Å². The van der Waals surface area contributed by atoms with E-state index in [-0.39, 0.29) is 11.8 Å². The summed E-state index contributed by atoms with van der Waals surface area (Å²) in [6.45, 7) is 2.92. The Bertz CT molecular complexity index is 528. The number of furan rings is 1. The number of hydrogen-bond donors (Lipinski definition) is 0.